The molecule has 0 radical (unpaired) electrons. The lowest BCUT2D eigenvalue weighted by Gasteiger charge is -2.19. The van der Waals surface area contributed by atoms with Gasteiger partial charge in [0.1, 0.15) is 16.5 Å². The Kier molecular flexibility index (Phi) is 6.00. The van der Waals surface area contributed by atoms with Crippen molar-refractivity contribution in [1.29, 1.82) is 0 Å². The molecule has 150 valence electrons. The Hall–Kier alpha value is -2.45. The van der Waals surface area contributed by atoms with Crippen LogP contribution >= 0.6 is 0 Å². The van der Waals surface area contributed by atoms with Gasteiger partial charge < -0.3 is 10.1 Å². The van der Waals surface area contributed by atoms with Gasteiger partial charge in [-0.3, -0.25) is 4.79 Å². The summed E-state index contributed by atoms with van der Waals surface area (Å²) in [4.78, 5) is 12.6. The molecule has 0 aliphatic carbocycles. The van der Waals surface area contributed by atoms with E-state index in [1.54, 1.807) is 19.9 Å². The van der Waals surface area contributed by atoms with Crippen LogP contribution in [0.3, 0.4) is 0 Å². The number of amides is 1. The third-order valence-electron chi connectivity index (χ3n) is 4.63. The maximum Gasteiger partial charge on any atom is 0.256 e. The number of hydrogen-bond donors (Lipinski definition) is 1. The van der Waals surface area contributed by atoms with Gasteiger partial charge in [-0.1, -0.05) is 6.07 Å². The van der Waals surface area contributed by atoms with Crippen molar-refractivity contribution >= 4 is 21.6 Å². The van der Waals surface area contributed by atoms with E-state index in [1.807, 2.05) is 0 Å². The summed E-state index contributed by atoms with van der Waals surface area (Å²) in [6, 6.07) is 8.45. The van der Waals surface area contributed by atoms with Gasteiger partial charge in [0.15, 0.2) is 0 Å². The summed E-state index contributed by atoms with van der Waals surface area (Å²) >= 11 is 0. The molecule has 1 fully saturated rings. The number of hydrogen-bond acceptors (Lipinski definition) is 4. The normalized spacial score (nSPS) is 14.8. The van der Waals surface area contributed by atoms with Crippen LogP contribution in [0.5, 0.6) is 5.75 Å². The molecule has 1 N–H and O–H groups in total. The monoisotopic (exact) mass is 406 g/mol. The summed E-state index contributed by atoms with van der Waals surface area (Å²) < 4.78 is 46.5. The predicted octanol–water partition coefficient (Wildman–Crippen LogP) is 3.57. The highest BCUT2D eigenvalue weighted by Gasteiger charge is 2.30. The lowest BCUT2D eigenvalue weighted by Crippen LogP contribution is -2.28. The van der Waals surface area contributed by atoms with Gasteiger partial charge in [-0.05, 0) is 62.6 Å². The molecular weight excluding hydrogens is 383 g/mol. The molecule has 0 aromatic heterocycles. The van der Waals surface area contributed by atoms with Crippen LogP contribution in [0, 0.1) is 12.7 Å². The van der Waals surface area contributed by atoms with Crippen LogP contribution < -0.4 is 10.1 Å². The summed E-state index contributed by atoms with van der Waals surface area (Å²) in [5.41, 5.74) is 1.11. The van der Waals surface area contributed by atoms with E-state index in [0.717, 1.165) is 18.9 Å². The highest BCUT2D eigenvalue weighted by molar-refractivity contribution is 7.89. The number of rotatable bonds is 6. The number of halogens is 1. The highest BCUT2D eigenvalue weighted by Crippen LogP contribution is 2.32. The molecule has 2 aromatic rings. The van der Waals surface area contributed by atoms with Crippen molar-refractivity contribution < 1.29 is 22.3 Å². The van der Waals surface area contributed by atoms with Crippen LogP contribution in [0.2, 0.25) is 0 Å². The molecule has 6 nitrogen and oxygen atoms in total. The van der Waals surface area contributed by atoms with Crippen molar-refractivity contribution in [2.45, 2.75) is 31.6 Å². The van der Waals surface area contributed by atoms with E-state index in [9.17, 15) is 17.6 Å². The average molecular weight is 406 g/mol. The van der Waals surface area contributed by atoms with Crippen LogP contribution in [0.4, 0.5) is 10.1 Å². The fourth-order valence-electron chi connectivity index (χ4n) is 3.17. The first-order valence-electron chi connectivity index (χ1n) is 9.17. The quantitative estimate of drug-likeness (QED) is 0.796. The fourth-order valence-corrected chi connectivity index (χ4v) is 4.84. The second-order valence-electron chi connectivity index (χ2n) is 6.62. The van der Waals surface area contributed by atoms with E-state index >= 15 is 0 Å². The number of carbonyl (C=O) groups is 1. The van der Waals surface area contributed by atoms with Crippen molar-refractivity contribution in [3.63, 3.8) is 0 Å². The minimum absolute atomic E-state index is 0.0185. The van der Waals surface area contributed by atoms with Crippen molar-refractivity contribution in [2.24, 2.45) is 0 Å². The van der Waals surface area contributed by atoms with Gasteiger partial charge in [0.2, 0.25) is 10.0 Å². The molecule has 8 heteroatoms. The third-order valence-corrected chi connectivity index (χ3v) is 6.55. The molecule has 1 aliphatic heterocycles. The Morgan fingerprint density at radius 1 is 1.18 bits per heavy atom. The van der Waals surface area contributed by atoms with Gasteiger partial charge in [-0.2, -0.15) is 4.31 Å². The fraction of sp³-hybridized carbons (Fsp3) is 0.350. The molecular formula is C20H23FN2O4S. The van der Waals surface area contributed by atoms with E-state index in [0.29, 0.717) is 30.9 Å². The minimum Gasteiger partial charge on any atom is -0.492 e. The number of ether oxygens (including phenoxy) is 1. The van der Waals surface area contributed by atoms with E-state index in [-0.39, 0.29) is 16.2 Å². The molecule has 3 rings (SSSR count). The first-order chi connectivity index (χ1) is 13.3. The van der Waals surface area contributed by atoms with Crippen molar-refractivity contribution in [1.82, 2.24) is 4.31 Å². The lowest BCUT2D eigenvalue weighted by atomic mass is 10.1. The standard InChI is InChI=1S/C20H23FN2O4S/c1-3-27-18-9-8-16(13-19(18)28(25,26)23-10-4-5-11-23)22-20(24)17-12-15(21)7-6-14(17)2/h6-9,12-13H,3-5,10-11H2,1-2H3,(H,22,24). The topological polar surface area (TPSA) is 75.7 Å². The Labute approximate surface area is 164 Å². The molecule has 0 unspecified atom stereocenters. The number of sulfonamides is 1. The van der Waals surface area contributed by atoms with Gasteiger partial charge in [-0.15, -0.1) is 0 Å². The first kappa shape index (κ1) is 20.3. The summed E-state index contributed by atoms with van der Waals surface area (Å²) in [6.07, 6.45) is 1.64. The zero-order chi connectivity index (χ0) is 20.3. The largest absolute Gasteiger partial charge is 0.492 e. The zero-order valence-electron chi connectivity index (χ0n) is 15.9. The number of anilines is 1. The number of aryl methyl sites for hydroxylation is 1. The van der Waals surface area contributed by atoms with E-state index in [1.165, 1.54) is 28.6 Å². The number of benzene rings is 2. The van der Waals surface area contributed by atoms with Crippen molar-refractivity contribution in [3.05, 3.63) is 53.3 Å². The second kappa shape index (κ2) is 8.28. The zero-order valence-corrected chi connectivity index (χ0v) is 16.7. The van der Waals surface area contributed by atoms with Gasteiger partial charge in [0, 0.05) is 24.3 Å². The highest BCUT2D eigenvalue weighted by atomic mass is 32.2. The summed E-state index contributed by atoms with van der Waals surface area (Å²) in [5.74, 6) is -0.778. The Balaban J connectivity index is 1.94. The smallest absolute Gasteiger partial charge is 0.256 e. The first-order valence-corrected chi connectivity index (χ1v) is 10.6. The van der Waals surface area contributed by atoms with Crippen LogP contribution in [0.1, 0.15) is 35.7 Å². The number of carbonyl (C=O) groups excluding carboxylic acids is 1. The number of nitrogens with one attached hydrogen (secondary N) is 1. The maximum atomic E-state index is 13.5. The minimum atomic E-state index is -3.73. The lowest BCUT2D eigenvalue weighted by molar-refractivity contribution is 0.102. The number of nitrogens with zero attached hydrogens (tertiary/aromatic N) is 1. The molecule has 1 saturated heterocycles. The van der Waals surface area contributed by atoms with Gasteiger partial charge in [0.05, 0.1) is 6.61 Å². The summed E-state index contributed by atoms with van der Waals surface area (Å²) in [5, 5.41) is 2.65. The van der Waals surface area contributed by atoms with Crippen LogP contribution in [-0.2, 0) is 10.0 Å². The summed E-state index contributed by atoms with van der Waals surface area (Å²) in [7, 11) is -3.73. The van der Waals surface area contributed by atoms with Gasteiger partial charge in [0.25, 0.3) is 5.91 Å². The van der Waals surface area contributed by atoms with Gasteiger partial charge in [-0.25, -0.2) is 12.8 Å². The average Bonchev–Trinajstić information content (AvgIpc) is 3.20. The van der Waals surface area contributed by atoms with E-state index < -0.39 is 21.7 Å². The molecule has 0 bridgehead atoms. The van der Waals surface area contributed by atoms with Gasteiger partial charge >= 0.3 is 0 Å². The second-order valence-corrected chi connectivity index (χ2v) is 8.53. The predicted molar refractivity (Wildman–Crippen MR) is 105 cm³/mol. The Bertz CT molecular complexity index is 986. The Morgan fingerprint density at radius 3 is 2.57 bits per heavy atom. The van der Waals surface area contributed by atoms with Crippen molar-refractivity contribution in [3.8, 4) is 5.75 Å². The Morgan fingerprint density at radius 2 is 1.89 bits per heavy atom. The molecule has 1 amide bonds. The van der Waals surface area contributed by atoms with E-state index in [2.05, 4.69) is 5.32 Å². The third kappa shape index (κ3) is 4.18. The van der Waals surface area contributed by atoms with Crippen LogP contribution in [-0.4, -0.2) is 38.3 Å². The van der Waals surface area contributed by atoms with Crippen LogP contribution in [0.25, 0.3) is 0 Å². The molecule has 2 aromatic carbocycles. The SMILES string of the molecule is CCOc1ccc(NC(=O)c2cc(F)ccc2C)cc1S(=O)(=O)N1CCCC1. The molecule has 28 heavy (non-hydrogen) atoms. The van der Waals surface area contributed by atoms with Crippen molar-refractivity contribution in [2.75, 3.05) is 25.0 Å². The molecule has 1 heterocycles. The molecule has 0 spiro atoms. The molecule has 1 aliphatic rings. The molecule has 0 atom stereocenters. The molecule has 0 saturated carbocycles. The van der Waals surface area contributed by atoms with E-state index in [4.69, 9.17) is 4.74 Å². The summed E-state index contributed by atoms with van der Waals surface area (Å²) in [6.45, 7) is 4.72. The maximum absolute atomic E-state index is 13.5. The van der Waals surface area contributed by atoms with Crippen LogP contribution in [0.15, 0.2) is 41.3 Å².